The van der Waals surface area contributed by atoms with Crippen molar-refractivity contribution >= 4 is 86.4 Å². The average Bonchev–Trinajstić information content (AvgIpc) is 3.31. The second-order valence-corrected chi connectivity index (χ2v) is 10.7. The Morgan fingerprint density at radius 3 is 2.46 bits per heavy atom. The Morgan fingerprint density at radius 1 is 0.897 bits per heavy atom. The van der Waals surface area contributed by atoms with Crippen molar-refractivity contribution in [3.63, 3.8) is 0 Å². The molecule has 0 unspecified atom stereocenters. The van der Waals surface area contributed by atoms with Gasteiger partial charge in [-0.05, 0) is 65.1 Å². The van der Waals surface area contributed by atoms with Crippen LogP contribution >= 0.6 is 57.4 Å². The Balaban J connectivity index is 1.41. The lowest BCUT2D eigenvalue weighted by Crippen LogP contribution is -2.19. The molecule has 0 aliphatic heterocycles. The van der Waals surface area contributed by atoms with Gasteiger partial charge in [-0.1, -0.05) is 77.3 Å². The molecule has 5 rings (SSSR count). The van der Waals surface area contributed by atoms with Crippen LogP contribution in [0.1, 0.15) is 26.4 Å². The molecule has 0 radical (unpaired) electrons. The molecule has 0 aliphatic rings. The number of carbonyl (C=O) groups excluding carboxylic acids is 2. The molecule has 0 atom stereocenters. The molecule has 5 aromatic rings. The summed E-state index contributed by atoms with van der Waals surface area (Å²) in [7, 11) is 0. The Hall–Kier alpha value is -3.37. The van der Waals surface area contributed by atoms with Gasteiger partial charge in [-0.3, -0.25) is 4.79 Å². The number of H-pyrrole nitrogens is 1. The summed E-state index contributed by atoms with van der Waals surface area (Å²) in [5.74, 6) is -0.877. The van der Waals surface area contributed by atoms with Crippen LogP contribution in [-0.2, 0) is 0 Å². The number of carbonyl (C=O) groups is 2. The molecule has 0 fully saturated rings. The highest BCUT2D eigenvalue weighted by atomic mass is 127. The van der Waals surface area contributed by atoms with E-state index in [4.69, 9.17) is 39.5 Å². The van der Waals surface area contributed by atoms with Gasteiger partial charge in [0.1, 0.15) is 11.4 Å². The van der Waals surface area contributed by atoms with Crippen LogP contribution in [0.5, 0.6) is 5.75 Å². The molecule has 0 aliphatic carbocycles. The summed E-state index contributed by atoms with van der Waals surface area (Å²) in [4.78, 5) is 29.2. The first kappa shape index (κ1) is 27.2. The van der Waals surface area contributed by atoms with Gasteiger partial charge in [0.25, 0.3) is 5.91 Å². The summed E-state index contributed by atoms with van der Waals surface area (Å²) in [6.07, 6.45) is 1.39. The Morgan fingerprint density at radius 2 is 1.67 bits per heavy atom. The van der Waals surface area contributed by atoms with E-state index in [1.165, 1.54) is 18.3 Å². The maximum Gasteiger partial charge on any atom is 0.345 e. The van der Waals surface area contributed by atoms with E-state index in [0.717, 1.165) is 20.0 Å². The van der Waals surface area contributed by atoms with Crippen molar-refractivity contribution in [1.82, 2.24) is 10.4 Å². The van der Waals surface area contributed by atoms with Gasteiger partial charge in [0.2, 0.25) is 0 Å². The molecule has 1 aromatic heterocycles. The Labute approximate surface area is 252 Å². The number of hydrazone groups is 1. The first-order valence-corrected chi connectivity index (χ1v) is 13.7. The monoisotopic (exact) mass is 687 g/mol. The number of esters is 1. The van der Waals surface area contributed by atoms with Gasteiger partial charge in [0.05, 0.1) is 22.3 Å². The predicted octanol–water partition coefficient (Wildman–Crippen LogP) is 8.38. The molecular formula is C29H17Cl3IN3O3. The number of halogens is 4. The topological polar surface area (TPSA) is 83.5 Å². The molecule has 10 heteroatoms. The second kappa shape index (κ2) is 11.8. The second-order valence-electron chi connectivity index (χ2n) is 8.27. The number of nitrogens with one attached hydrogen (secondary N) is 2. The third-order valence-corrected chi connectivity index (χ3v) is 7.57. The fraction of sp³-hybridized carbons (Fsp3) is 0. The van der Waals surface area contributed by atoms with Crippen molar-refractivity contribution in [1.29, 1.82) is 0 Å². The zero-order chi connectivity index (χ0) is 27.5. The number of ether oxygens (including phenoxy) is 1. The highest BCUT2D eigenvalue weighted by molar-refractivity contribution is 14.1. The van der Waals surface area contributed by atoms with Crippen molar-refractivity contribution in [3.8, 4) is 16.9 Å². The number of amides is 1. The minimum Gasteiger partial charge on any atom is -0.422 e. The highest BCUT2D eigenvalue weighted by Crippen LogP contribution is 2.38. The fourth-order valence-corrected chi connectivity index (χ4v) is 5.35. The molecule has 6 nitrogen and oxygen atoms in total. The van der Waals surface area contributed by atoms with Gasteiger partial charge in [-0.15, -0.1) is 0 Å². The van der Waals surface area contributed by atoms with Crippen LogP contribution in [0.3, 0.4) is 0 Å². The van der Waals surface area contributed by atoms with Crippen LogP contribution in [0.2, 0.25) is 15.1 Å². The number of para-hydroxylation sites is 2. The van der Waals surface area contributed by atoms with E-state index in [0.29, 0.717) is 26.9 Å². The van der Waals surface area contributed by atoms with E-state index in [-0.39, 0.29) is 16.3 Å². The van der Waals surface area contributed by atoms with Crippen molar-refractivity contribution < 1.29 is 14.3 Å². The number of hydrogen-bond donors (Lipinski definition) is 2. The maximum atomic E-state index is 13.3. The summed E-state index contributed by atoms with van der Waals surface area (Å²) >= 11 is 20.8. The van der Waals surface area contributed by atoms with E-state index in [1.807, 2.05) is 36.4 Å². The predicted molar refractivity (Wildman–Crippen MR) is 164 cm³/mol. The lowest BCUT2D eigenvalue weighted by Gasteiger charge is -2.09. The van der Waals surface area contributed by atoms with Crippen molar-refractivity contribution in [2.24, 2.45) is 5.10 Å². The number of aromatic amines is 1. The van der Waals surface area contributed by atoms with Crippen molar-refractivity contribution in [3.05, 3.63) is 120 Å². The molecule has 2 N–H and O–H groups in total. The van der Waals surface area contributed by atoms with E-state index in [2.05, 4.69) is 38.1 Å². The largest absolute Gasteiger partial charge is 0.422 e. The Bertz CT molecular complexity index is 1770. The van der Waals surface area contributed by atoms with E-state index < -0.39 is 11.9 Å². The minimum absolute atomic E-state index is 0.168. The summed E-state index contributed by atoms with van der Waals surface area (Å²) in [5, 5.41) is 6.09. The molecular weight excluding hydrogens is 672 g/mol. The highest BCUT2D eigenvalue weighted by Gasteiger charge is 2.22. The van der Waals surface area contributed by atoms with Gasteiger partial charge in [0.15, 0.2) is 0 Å². The summed E-state index contributed by atoms with van der Waals surface area (Å²) < 4.78 is 6.50. The van der Waals surface area contributed by atoms with Gasteiger partial charge >= 0.3 is 5.97 Å². The maximum absolute atomic E-state index is 13.3. The van der Waals surface area contributed by atoms with Crippen LogP contribution < -0.4 is 10.2 Å². The first-order valence-electron chi connectivity index (χ1n) is 11.5. The van der Waals surface area contributed by atoms with Gasteiger partial charge in [-0.25, -0.2) is 10.2 Å². The van der Waals surface area contributed by atoms with Crippen LogP contribution in [0.15, 0.2) is 90.0 Å². The number of benzene rings is 4. The van der Waals surface area contributed by atoms with Crippen LogP contribution in [0.25, 0.3) is 22.0 Å². The molecule has 0 bridgehead atoms. The smallest absolute Gasteiger partial charge is 0.345 e. The van der Waals surface area contributed by atoms with E-state index >= 15 is 0 Å². The fourth-order valence-electron chi connectivity index (χ4n) is 4.00. The van der Waals surface area contributed by atoms with Crippen LogP contribution in [-0.4, -0.2) is 23.1 Å². The number of nitrogens with zero attached hydrogens (tertiary/aromatic N) is 1. The van der Waals surface area contributed by atoms with Gasteiger partial charge < -0.3 is 9.72 Å². The van der Waals surface area contributed by atoms with Gasteiger partial charge in [0, 0.05) is 35.7 Å². The number of hydrogen-bond acceptors (Lipinski definition) is 4. The molecule has 0 saturated carbocycles. The Kier molecular flexibility index (Phi) is 8.23. The van der Waals surface area contributed by atoms with Crippen molar-refractivity contribution in [2.45, 2.75) is 0 Å². The SMILES string of the molecule is O=C(Oc1ccccc1C=NNC(=O)c1[nH]c2c(I)cccc2c1-c1ccccc1Cl)c1ccc(Cl)cc1Cl. The summed E-state index contributed by atoms with van der Waals surface area (Å²) in [5.41, 5.74) is 5.73. The van der Waals surface area contributed by atoms with E-state index in [1.54, 1.807) is 36.4 Å². The molecule has 0 spiro atoms. The molecule has 39 heavy (non-hydrogen) atoms. The quantitative estimate of drug-likeness (QED) is 0.0618. The lowest BCUT2D eigenvalue weighted by atomic mass is 10.0. The standard InChI is InChI=1S/C29H17Cl3IN3O3/c30-17-12-13-19(22(32)14-17)29(38)39-24-11-4-1-6-16(24)15-34-36-28(37)27-25(18-7-2-3-9-21(18)31)20-8-5-10-23(33)26(20)35-27/h1-15,35H,(H,36,37). The summed E-state index contributed by atoms with van der Waals surface area (Å²) in [6, 6.07) is 24.4. The summed E-state index contributed by atoms with van der Waals surface area (Å²) in [6.45, 7) is 0. The van der Waals surface area contributed by atoms with Crippen LogP contribution in [0, 0.1) is 3.57 Å². The number of rotatable bonds is 6. The first-order chi connectivity index (χ1) is 18.8. The molecule has 194 valence electrons. The molecule has 1 amide bonds. The van der Waals surface area contributed by atoms with Gasteiger partial charge in [-0.2, -0.15) is 5.10 Å². The normalized spacial score (nSPS) is 11.2. The number of fused-ring (bicyclic) bond motifs is 1. The zero-order valence-electron chi connectivity index (χ0n) is 19.8. The molecule has 0 saturated heterocycles. The van der Waals surface area contributed by atoms with Crippen LogP contribution in [0.4, 0.5) is 0 Å². The minimum atomic E-state index is -0.654. The van der Waals surface area contributed by atoms with E-state index in [9.17, 15) is 9.59 Å². The lowest BCUT2D eigenvalue weighted by molar-refractivity contribution is 0.0734. The molecule has 4 aromatic carbocycles. The third kappa shape index (κ3) is 5.81. The molecule has 1 heterocycles. The average molecular weight is 689 g/mol. The zero-order valence-corrected chi connectivity index (χ0v) is 24.3. The number of aromatic nitrogens is 1. The van der Waals surface area contributed by atoms with Crippen molar-refractivity contribution in [2.75, 3.05) is 0 Å². The third-order valence-electron chi connectivity index (χ3n) is 5.80.